The third kappa shape index (κ3) is 3.22. The molecule has 1 atom stereocenters. The van der Waals surface area contributed by atoms with E-state index in [0.29, 0.717) is 51.1 Å². The number of nitrogens with one attached hydrogen (secondary N) is 1. The number of para-hydroxylation sites is 1. The first-order valence-corrected chi connectivity index (χ1v) is 10.8. The Hall–Kier alpha value is -3.88. The highest BCUT2D eigenvalue weighted by atomic mass is 35.5. The third-order valence-corrected chi connectivity index (χ3v) is 6.25. The van der Waals surface area contributed by atoms with Gasteiger partial charge in [-0.1, -0.05) is 29.8 Å². The van der Waals surface area contributed by atoms with Gasteiger partial charge in [-0.2, -0.15) is 29.0 Å². The minimum absolute atomic E-state index is 0. The predicted molar refractivity (Wildman–Crippen MR) is 132 cm³/mol. The molecule has 34 heavy (non-hydrogen) atoms. The lowest BCUT2D eigenvalue weighted by Gasteiger charge is -2.27. The molecule has 0 bridgehead atoms. The van der Waals surface area contributed by atoms with Gasteiger partial charge < -0.3 is 4.90 Å². The van der Waals surface area contributed by atoms with E-state index in [9.17, 15) is 10.1 Å². The van der Waals surface area contributed by atoms with Gasteiger partial charge in [0.1, 0.15) is 29.4 Å². The first-order valence-electron chi connectivity index (χ1n) is 10.4. The number of fused-ring (bicyclic) bond motifs is 2. The van der Waals surface area contributed by atoms with Crippen molar-refractivity contribution in [3.63, 3.8) is 0 Å². The molecule has 0 spiro atoms. The number of hydrogen-bond donors (Lipinski definition) is 1. The molecule has 0 saturated carbocycles. The van der Waals surface area contributed by atoms with Crippen LogP contribution in [0.3, 0.4) is 0 Å². The van der Waals surface area contributed by atoms with Crippen molar-refractivity contribution in [3.8, 4) is 11.8 Å². The first kappa shape index (κ1) is 21.9. The van der Waals surface area contributed by atoms with E-state index in [1.165, 1.54) is 10.8 Å². The fraction of sp³-hybridized carbons (Fsp3) is 0.182. The number of nitriles is 1. The van der Waals surface area contributed by atoms with Crippen LogP contribution in [-0.4, -0.2) is 40.9 Å². The van der Waals surface area contributed by atoms with Gasteiger partial charge in [-0.25, -0.2) is 14.5 Å². The Morgan fingerprint density at radius 2 is 2.00 bits per heavy atom. The normalized spacial score (nSPS) is 15.5. The maximum atomic E-state index is 13.6. The fourth-order valence-corrected chi connectivity index (χ4v) is 4.74. The van der Waals surface area contributed by atoms with E-state index in [1.807, 2.05) is 30.3 Å². The summed E-state index contributed by atoms with van der Waals surface area (Å²) in [6, 6.07) is 12.9. The average Bonchev–Trinajstić information content (AvgIpc) is 3.57. The number of nitrogens with zero attached hydrogens (tertiary/aromatic N) is 8. The molecule has 4 aromatic heterocycles. The first-order chi connectivity index (χ1) is 16.2. The van der Waals surface area contributed by atoms with Gasteiger partial charge in [-0.3, -0.25) is 14.5 Å². The number of rotatable bonds is 3. The summed E-state index contributed by atoms with van der Waals surface area (Å²) >= 11 is 6.32. The largest absolute Gasteiger partial charge is 0.346 e. The quantitative estimate of drug-likeness (QED) is 0.411. The van der Waals surface area contributed by atoms with Crippen LogP contribution in [0.25, 0.3) is 22.2 Å². The summed E-state index contributed by atoms with van der Waals surface area (Å²) in [5, 5.41) is 22.1. The maximum absolute atomic E-state index is 13.6. The zero-order valence-corrected chi connectivity index (χ0v) is 19.4. The molecule has 1 saturated heterocycles. The molecule has 1 aromatic carbocycles. The lowest BCUT2D eigenvalue weighted by molar-refractivity contribution is 0.602. The monoisotopic (exact) mass is 491 g/mol. The Balaban J connectivity index is 0.00000241. The second-order valence-corrected chi connectivity index (χ2v) is 8.16. The SMILES string of the molecule is N#Cc1[nH]nc2ncnc(N3CCC[C@H]3c3nn4ccc(Cl)c4c(=O)n3-c3ccccc3)c12.S. The van der Waals surface area contributed by atoms with Crippen molar-refractivity contribution in [2.75, 3.05) is 11.4 Å². The van der Waals surface area contributed by atoms with E-state index in [-0.39, 0.29) is 25.1 Å². The van der Waals surface area contributed by atoms with Gasteiger partial charge in [0.05, 0.1) is 22.1 Å². The van der Waals surface area contributed by atoms with E-state index >= 15 is 0 Å². The summed E-state index contributed by atoms with van der Waals surface area (Å²) in [7, 11) is 0. The van der Waals surface area contributed by atoms with Crippen LogP contribution in [0.15, 0.2) is 53.7 Å². The highest BCUT2D eigenvalue weighted by molar-refractivity contribution is 7.59. The number of aromatic amines is 1. The standard InChI is InChI=1S/C22H16ClN9O.H2S/c23-14-8-10-31-18(14)22(33)32(13-5-2-1-3-6-13)20(29-31)16-7-4-9-30(16)21-17-15(11-24)27-28-19(17)25-12-26-21;/h1-3,5-6,8,10,12,16H,4,7,9H2,(H,25,26,27,28);1H2/t16-;/m0./s1. The van der Waals surface area contributed by atoms with Gasteiger partial charge in [0.25, 0.3) is 5.56 Å². The smallest absolute Gasteiger partial charge is 0.284 e. The van der Waals surface area contributed by atoms with Crippen molar-refractivity contribution >= 4 is 47.5 Å². The molecule has 0 amide bonds. The van der Waals surface area contributed by atoms with E-state index in [4.69, 9.17) is 16.7 Å². The molecule has 5 heterocycles. The topological polar surface area (TPSA) is 121 Å². The second kappa shape index (κ2) is 8.48. The summed E-state index contributed by atoms with van der Waals surface area (Å²) in [5.41, 5.74) is 1.49. The van der Waals surface area contributed by atoms with E-state index in [0.717, 1.165) is 12.8 Å². The molecule has 1 aliphatic rings. The lowest BCUT2D eigenvalue weighted by atomic mass is 10.1. The van der Waals surface area contributed by atoms with E-state index < -0.39 is 0 Å². The number of anilines is 1. The van der Waals surface area contributed by atoms with E-state index in [1.54, 1.807) is 16.8 Å². The van der Waals surface area contributed by atoms with Gasteiger partial charge in [0.2, 0.25) is 0 Å². The Bertz CT molecular complexity index is 1620. The summed E-state index contributed by atoms with van der Waals surface area (Å²) < 4.78 is 3.15. The zero-order chi connectivity index (χ0) is 22.5. The molecular formula is C22H18ClN9OS. The molecule has 1 aliphatic heterocycles. The van der Waals surface area contributed by atoms with Crippen molar-refractivity contribution in [1.82, 2.24) is 34.3 Å². The second-order valence-electron chi connectivity index (χ2n) is 7.75. The molecule has 5 aromatic rings. The fourth-order valence-electron chi connectivity index (χ4n) is 4.52. The van der Waals surface area contributed by atoms with Crippen LogP contribution in [0.4, 0.5) is 5.82 Å². The Kier molecular flexibility index (Phi) is 5.47. The average molecular weight is 492 g/mol. The number of hydrogen-bond acceptors (Lipinski definition) is 7. The summed E-state index contributed by atoms with van der Waals surface area (Å²) in [5.74, 6) is 1.16. The summed E-state index contributed by atoms with van der Waals surface area (Å²) in [6.07, 6.45) is 4.74. The van der Waals surface area contributed by atoms with Crippen molar-refractivity contribution in [3.05, 3.63) is 75.8 Å². The highest BCUT2D eigenvalue weighted by Gasteiger charge is 2.34. The number of H-pyrrole nitrogens is 1. The number of aromatic nitrogens is 7. The molecule has 0 radical (unpaired) electrons. The molecule has 170 valence electrons. The molecule has 1 N–H and O–H groups in total. The van der Waals surface area contributed by atoms with Crippen molar-refractivity contribution < 1.29 is 0 Å². The van der Waals surface area contributed by atoms with Crippen LogP contribution in [0.1, 0.15) is 30.4 Å². The molecular weight excluding hydrogens is 474 g/mol. The minimum atomic E-state index is -0.261. The minimum Gasteiger partial charge on any atom is -0.346 e. The molecule has 1 fully saturated rings. The Morgan fingerprint density at radius 3 is 2.79 bits per heavy atom. The van der Waals surface area contributed by atoms with Crippen molar-refractivity contribution in [2.45, 2.75) is 18.9 Å². The van der Waals surface area contributed by atoms with Crippen LogP contribution < -0.4 is 10.5 Å². The van der Waals surface area contributed by atoms with Gasteiger partial charge in [-0.15, -0.1) is 0 Å². The van der Waals surface area contributed by atoms with Crippen LogP contribution in [0.2, 0.25) is 5.02 Å². The van der Waals surface area contributed by atoms with Crippen LogP contribution >= 0.6 is 25.1 Å². The summed E-state index contributed by atoms with van der Waals surface area (Å²) in [4.78, 5) is 24.4. The maximum Gasteiger partial charge on any atom is 0.284 e. The summed E-state index contributed by atoms with van der Waals surface area (Å²) in [6.45, 7) is 0.683. The molecule has 0 aliphatic carbocycles. The van der Waals surface area contributed by atoms with Gasteiger partial charge >= 0.3 is 0 Å². The van der Waals surface area contributed by atoms with Crippen LogP contribution in [-0.2, 0) is 0 Å². The Morgan fingerprint density at radius 1 is 1.18 bits per heavy atom. The van der Waals surface area contributed by atoms with Crippen LogP contribution in [0.5, 0.6) is 0 Å². The van der Waals surface area contributed by atoms with E-state index in [2.05, 4.69) is 31.1 Å². The van der Waals surface area contributed by atoms with Crippen molar-refractivity contribution in [2.24, 2.45) is 0 Å². The van der Waals surface area contributed by atoms with Gasteiger partial charge in [-0.05, 0) is 31.0 Å². The van der Waals surface area contributed by atoms with Gasteiger partial charge in [0.15, 0.2) is 11.5 Å². The highest BCUT2D eigenvalue weighted by Crippen LogP contribution is 2.38. The zero-order valence-electron chi connectivity index (χ0n) is 17.7. The Labute approximate surface area is 204 Å². The number of benzene rings is 1. The predicted octanol–water partition coefficient (Wildman–Crippen LogP) is 3.13. The van der Waals surface area contributed by atoms with Crippen molar-refractivity contribution in [1.29, 1.82) is 5.26 Å². The van der Waals surface area contributed by atoms with Crippen LogP contribution in [0, 0.1) is 11.3 Å². The molecule has 12 heteroatoms. The third-order valence-electron chi connectivity index (χ3n) is 5.94. The molecule has 10 nitrogen and oxygen atoms in total. The molecule has 6 rings (SSSR count). The number of halogens is 1. The van der Waals surface area contributed by atoms with Gasteiger partial charge in [0, 0.05) is 12.7 Å². The lowest BCUT2D eigenvalue weighted by Crippen LogP contribution is -2.33. The molecule has 0 unspecified atom stereocenters.